The van der Waals surface area contributed by atoms with Gasteiger partial charge in [0.1, 0.15) is 11.8 Å². The average Bonchev–Trinajstić information content (AvgIpc) is 3.08. The monoisotopic (exact) mass is 290 g/mol. The Morgan fingerprint density at radius 1 is 1.18 bits per heavy atom. The second-order valence-electron chi connectivity index (χ2n) is 5.59. The molecule has 1 aromatic rings. The molecule has 1 atom stereocenters. The third kappa shape index (κ3) is 1.68. The van der Waals surface area contributed by atoms with Crippen molar-refractivity contribution >= 4 is 0 Å². The van der Waals surface area contributed by atoms with Crippen molar-refractivity contribution in [3.05, 3.63) is 46.6 Å². The van der Waals surface area contributed by atoms with Crippen molar-refractivity contribution < 1.29 is 4.42 Å². The summed E-state index contributed by atoms with van der Waals surface area (Å²) in [6.45, 7) is 0. The van der Waals surface area contributed by atoms with Crippen LogP contribution in [0.2, 0.25) is 0 Å². The van der Waals surface area contributed by atoms with Gasteiger partial charge in [-0.25, -0.2) is 0 Å². The number of nitriles is 3. The van der Waals surface area contributed by atoms with Crippen molar-refractivity contribution in [1.29, 1.82) is 15.8 Å². The van der Waals surface area contributed by atoms with Gasteiger partial charge in [0, 0.05) is 0 Å². The first kappa shape index (κ1) is 14.0. The molecule has 0 fully saturated rings. The van der Waals surface area contributed by atoms with Crippen LogP contribution in [0.15, 0.2) is 45.2 Å². The highest BCUT2D eigenvalue weighted by atomic mass is 16.3. The maximum absolute atomic E-state index is 9.72. The van der Waals surface area contributed by atoms with Gasteiger partial charge in [-0.05, 0) is 43.4 Å². The van der Waals surface area contributed by atoms with Gasteiger partial charge in [-0.1, -0.05) is 5.57 Å². The Morgan fingerprint density at radius 3 is 2.50 bits per heavy atom. The molecule has 0 aliphatic heterocycles. The molecule has 0 aromatic carbocycles. The predicted octanol–water partition coefficient (Wildman–Crippen LogP) is 3.02. The SMILES string of the molecule is N#CC1=C(N)C(C#N)(C#N)[C@@H](c2ccco2)C2=C1CCCC2. The van der Waals surface area contributed by atoms with E-state index in [-0.39, 0.29) is 5.70 Å². The molecule has 0 amide bonds. The molecule has 0 spiro atoms. The van der Waals surface area contributed by atoms with Crippen molar-refractivity contribution in [2.75, 3.05) is 0 Å². The summed E-state index contributed by atoms with van der Waals surface area (Å²) in [5, 5.41) is 28.9. The molecule has 0 saturated carbocycles. The van der Waals surface area contributed by atoms with Crippen molar-refractivity contribution in [3.8, 4) is 18.2 Å². The highest BCUT2D eigenvalue weighted by molar-refractivity contribution is 5.61. The summed E-state index contributed by atoms with van der Waals surface area (Å²) in [5.41, 5.74) is 6.76. The van der Waals surface area contributed by atoms with Gasteiger partial charge in [0.2, 0.25) is 0 Å². The van der Waals surface area contributed by atoms with Gasteiger partial charge < -0.3 is 10.2 Å². The molecular weight excluding hydrogens is 276 g/mol. The Morgan fingerprint density at radius 2 is 1.91 bits per heavy atom. The second-order valence-corrected chi connectivity index (χ2v) is 5.59. The summed E-state index contributed by atoms with van der Waals surface area (Å²) in [6.07, 6.45) is 4.99. The molecule has 2 aliphatic rings. The Hall–Kier alpha value is -2.97. The maximum Gasteiger partial charge on any atom is 0.197 e. The number of rotatable bonds is 1. The average molecular weight is 290 g/mol. The first-order valence-electron chi connectivity index (χ1n) is 7.18. The zero-order chi connectivity index (χ0) is 15.7. The van der Waals surface area contributed by atoms with Gasteiger partial charge in [-0.15, -0.1) is 0 Å². The van der Waals surface area contributed by atoms with Gasteiger partial charge in [0.15, 0.2) is 5.41 Å². The Balaban J connectivity index is 2.34. The Bertz CT molecular complexity index is 779. The van der Waals surface area contributed by atoms with Crippen LogP contribution < -0.4 is 5.73 Å². The lowest BCUT2D eigenvalue weighted by atomic mass is 9.61. The highest BCUT2D eigenvalue weighted by Crippen LogP contribution is 2.54. The first-order chi connectivity index (χ1) is 10.7. The molecule has 0 saturated heterocycles. The minimum absolute atomic E-state index is 0.0575. The van der Waals surface area contributed by atoms with Crippen molar-refractivity contribution in [2.24, 2.45) is 11.1 Å². The fourth-order valence-corrected chi connectivity index (χ4v) is 3.55. The van der Waals surface area contributed by atoms with Crippen molar-refractivity contribution in [3.63, 3.8) is 0 Å². The number of allylic oxidation sites excluding steroid dienone is 4. The van der Waals surface area contributed by atoms with Gasteiger partial charge in [0.05, 0.1) is 35.6 Å². The van der Waals surface area contributed by atoms with Crippen LogP contribution in [-0.2, 0) is 0 Å². The molecule has 0 unspecified atom stereocenters. The number of hydrogen-bond donors (Lipinski definition) is 1. The molecule has 1 aromatic heterocycles. The molecule has 108 valence electrons. The maximum atomic E-state index is 9.72. The number of furan rings is 1. The fraction of sp³-hybridized carbons (Fsp3) is 0.353. The third-order valence-corrected chi connectivity index (χ3v) is 4.58. The van der Waals surface area contributed by atoms with Gasteiger partial charge in [-0.2, -0.15) is 15.8 Å². The van der Waals surface area contributed by atoms with E-state index in [9.17, 15) is 15.8 Å². The van der Waals surface area contributed by atoms with E-state index in [1.54, 1.807) is 12.1 Å². The van der Waals surface area contributed by atoms with Crippen LogP contribution >= 0.6 is 0 Å². The van der Waals surface area contributed by atoms with Crippen LogP contribution in [0.25, 0.3) is 0 Å². The molecular formula is C17H14N4O. The fourth-order valence-electron chi connectivity index (χ4n) is 3.55. The molecule has 5 heteroatoms. The van der Waals surface area contributed by atoms with Crippen LogP contribution in [0.4, 0.5) is 0 Å². The van der Waals surface area contributed by atoms with Crippen molar-refractivity contribution in [2.45, 2.75) is 31.6 Å². The molecule has 2 aliphatic carbocycles. The quantitative estimate of drug-likeness (QED) is 0.854. The van der Waals surface area contributed by atoms with Gasteiger partial charge in [-0.3, -0.25) is 0 Å². The standard InChI is InChI=1S/C17H14N4O/c18-8-13-11-4-1-2-5-12(11)15(14-6-3-7-22-14)17(9-19,10-20)16(13)21/h3,6-7,15H,1-2,4-5,21H2/t15-/m1/s1. The number of hydrogen-bond acceptors (Lipinski definition) is 5. The molecule has 3 rings (SSSR count). The summed E-state index contributed by atoms with van der Waals surface area (Å²) in [4.78, 5) is 0. The normalized spacial score (nSPS) is 23.2. The second kappa shape index (κ2) is 5.10. The van der Waals surface area contributed by atoms with E-state index in [1.807, 2.05) is 0 Å². The highest BCUT2D eigenvalue weighted by Gasteiger charge is 2.52. The lowest BCUT2D eigenvalue weighted by molar-refractivity contribution is 0.389. The first-order valence-corrected chi connectivity index (χ1v) is 7.18. The van der Waals surface area contributed by atoms with Crippen LogP contribution in [-0.4, -0.2) is 0 Å². The van der Waals surface area contributed by atoms with E-state index in [4.69, 9.17) is 10.2 Å². The lowest BCUT2D eigenvalue weighted by Gasteiger charge is -2.38. The largest absolute Gasteiger partial charge is 0.469 e. The van der Waals surface area contributed by atoms with Crippen LogP contribution in [0.3, 0.4) is 0 Å². The zero-order valence-corrected chi connectivity index (χ0v) is 12.0. The summed E-state index contributed by atoms with van der Waals surface area (Å²) >= 11 is 0. The van der Waals surface area contributed by atoms with E-state index in [0.29, 0.717) is 11.3 Å². The summed E-state index contributed by atoms with van der Waals surface area (Å²) in [7, 11) is 0. The molecule has 22 heavy (non-hydrogen) atoms. The van der Waals surface area contributed by atoms with Crippen LogP contribution in [0, 0.1) is 39.4 Å². The topological polar surface area (TPSA) is 111 Å². The molecule has 0 bridgehead atoms. The number of nitrogens with zero attached hydrogens (tertiary/aromatic N) is 3. The number of nitrogens with two attached hydrogens (primary N) is 1. The van der Waals surface area contributed by atoms with E-state index < -0.39 is 11.3 Å². The van der Waals surface area contributed by atoms with Crippen molar-refractivity contribution in [1.82, 2.24) is 0 Å². The Labute approximate surface area is 128 Å². The van der Waals surface area contributed by atoms with E-state index in [2.05, 4.69) is 18.2 Å². The zero-order valence-electron chi connectivity index (χ0n) is 12.0. The lowest BCUT2D eigenvalue weighted by Crippen LogP contribution is -2.38. The molecule has 1 heterocycles. The van der Waals surface area contributed by atoms with Gasteiger partial charge in [0.25, 0.3) is 0 Å². The third-order valence-electron chi connectivity index (χ3n) is 4.58. The molecule has 2 N–H and O–H groups in total. The minimum atomic E-state index is -1.58. The Kier molecular flexibility index (Phi) is 3.24. The minimum Gasteiger partial charge on any atom is -0.469 e. The van der Waals surface area contributed by atoms with Crippen LogP contribution in [0.5, 0.6) is 0 Å². The van der Waals surface area contributed by atoms with E-state index in [0.717, 1.165) is 36.8 Å². The smallest absolute Gasteiger partial charge is 0.197 e. The molecule has 0 radical (unpaired) electrons. The predicted molar refractivity (Wildman–Crippen MR) is 77.4 cm³/mol. The van der Waals surface area contributed by atoms with Crippen LogP contribution in [0.1, 0.15) is 37.4 Å². The van der Waals surface area contributed by atoms with E-state index in [1.165, 1.54) is 6.26 Å². The van der Waals surface area contributed by atoms with Gasteiger partial charge >= 0.3 is 0 Å². The summed E-state index contributed by atoms with van der Waals surface area (Å²) < 4.78 is 5.50. The summed E-state index contributed by atoms with van der Waals surface area (Å²) in [6, 6.07) is 9.73. The summed E-state index contributed by atoms with van der Waals surface area (Å²) in [5.74, 6) is 0.0161. The van der Waals surface area contributed by atoms with E-state index >= 15 is 0 Å². The molecule has 5 nitrogen and oxygen atoms in total.